The molecule has 0 saturated carbocycles. The average molecular weight is 464 g/mol. The Bertz CT molecular complexity index is 1070. The number of hydrogen-bond donors (Lipinski definition) is 2. The zero-order valence-electron chi connectivity index (χ0n) is 19.0. The maximum atomic E-state index is 13.4. The van der Waals surface area contributed by atoms with Gasteiger partial charge in [-0.3, -0.25) is 4.79 Å². The number of benzene rings is 2. The van der Waals surface area contributed by atoms with E-state index in [0.29, 0.717) is 55.8 Å². The second kappa shape index (κ2) is 10.1. The molecule has 0 aromatic heterocycles. The van der Waals surface area contributed by atoms with Crippen LogP contribution in [0.25, 0.3) is 10.8 Å². The second-order valence-corrected chi connectivity index (χ2v) is 9.87. The highest BCUT2D eigenvalue weighted by Gasteiger charge is 2.48. The first kappa shape index (κ1) is 24.3. The van der Waals surface area contributed by atoms with Gasteiger partial charge in [-0.25, -0.2) is 8.42 Å². The SMILES string of the molecule is CCCCN1CCC(CCCN)(NS(=O)(=O)c2ccc3cc(OC)c(OC)cc3c2)C1=O. The zero-order valence-corrected chi connectivity index (χ0v) is 19.8. The molecule has 9 heteroatoms. The van der Waals surface area contributed by atoms with Crippen LogP contribution in [0.4, 0.5) is 0 Å². The van der Waals surface area contributed by atoms with Crippen LogP contribution in [-0.4, -0.2) is 58.6 Å². The fourth-order valence-electron chi connectivity index (χ4n) is 4.22. The summed E-state index contributed by atoms with van der Waals surface area (Å²) < 4.78 is 40.2. The van der Waals surface area contributed by atoms with Crippen LogP contribution in [0, 0.1) is 0 Å². The molecule has 3 N–H and O–H groups in total. The van der Waals surface area contributed by atoms with Gasteiger partial charge in [0.15, 0.2) is 11.5 Å². The van der Waals surface area contributed by atoms with Gasteiger partial charge in [-0.1, -0.05) is 19.4 Å². The van der Waals surface area contributed by atoms with Gasteiger partial charge in [0.25, 0.3) is 0 Å². The Labute approximate surface area is 190 Å². The number of nitrogens with one attached hydrogen (secondary N) is 1. The molecule has 0 bridgehead atoms. The number of nitrogens with zero attached hydrogens (tertiary/aromatic N) is 1. The summed E-state index contributed by atoms with van der Waals surface area (Å²) in [7, 11) is -0.864. The number of carbonyl (C=O) groups is 1. The number of unbranched alkanes of at least 4 members (excludes halogenated alkanes) is 1. The van der Waals surface area contributed by atoms with E-state index in [1.54, 1.807) is 42.3 Å². The summed E-state index contributed by atoms with van der Waals surface area (Å²) in [5, 5.41) is 1.52. The van der Waals surface area contributed by atoms with Crippen LogP contribution in [0.2, 0.25) is 0 Å². The lowest BCUT2D eigenvalue weighted by Gasteiger charge is -2.29. The molecule has 1 amide bonds. The van der Waals surface area contributed by atoms with Crippen LogP contribution in [0.5, 0.6) is 11.5 Å². The molecule has 1 unspecified atom stereocenters. The maximum absolute atomic E-state index is 13.4. The third-order valence-corrected chi connectivity index (χ3v) is 7.58. The number of carbonyl (C=O) groups excluding carboxylic acids is 1. The predicted octanol–water partition coefficient (Wildman–Crippen LogP) is 2.65. The lowest BCUT2D eigenvalue weighted by molar-refractivity contribution is -0.132. The lowest BCUT2D eigenvalue weighted by atomic mass is 9.93. The first-order valence-electron chi connectivity index (χ1n) is 11.0. The molecule has 32 heavy (non-hydrogen) atoms. The fourth-order valence-corrected chi connectivity index (χ4v) is 5.67. The standard InChI is InChI=1S/C23H33N3O5S/c1-4-5-12-26-13-10-23(22(26)27,9-6-11-24)25-32(28,29)19-8-7-17-15-20(30-2)21(31-3)16-18(17)14-19/h7-8,14-16,25H,4-6,9-13,24H2,1-3H3. The summed E-state index contributed by atoms with van der Waals surface area (Å²) in [5.74, 6) is 0.924. The summed E-state index contributed by atoms with van der Waals surface area (Å²) in [6.07, 6.45) is 3.23. The molecular formula is C23H33N3O5S. The largest absolute Gasteiger partial charge is 0.493 e. The van der Waals surface area contributed by atoms with Gasteiger partial charge in [0, 0.05) is 13.1 Å². The summed E-state index contributed by atoms with van der Waals surface area (Å²) >= 11 is 0. The summed E-state index contributed by atoms with van der Waals surface area (Å²) in [4.78, 5) is 15.1. The van der Waals surface area contributed by atoms with Gasteiger partial charge in [0.1, 0.15) is 5.54 Å². The van der Waals surface area contributed by atoms with Crippen LogP contribution < -0.4 is 19.9 Å². The van der Waals surface area contributed by atoms with Crippen molar-refractivity contribution in [2.75, 3.05) is 33.9 Å². The molecule has 0 spiro atoms. The number of likely N-dealkylation sites (tertiary alicyclic amines) is 1. The van der Waals surface area contributed by atoms with E-state index in [1.165, 1.54) is 7.11 Å². The Balaban J connectivity index is 1.94. The molecule has 1 aliphatic rings. The Morgan fingerprint density at radius 1 is 1.09 bits per heavy atom. The molecule has 2 aromatic rings. The van der Waals surface area contributed by atoms with E-state index in [9.17, 15) is 13.2 Å². The number of rotatable bonds is 11. The minimum Gasteiger partial charge on any atom is -0.493 e. The molecule has 3 rings (SSSR count). The summed E-state index contributed by atoms with van der Waals surface area (Å²) in [5.41, 5.74) is 4.54. The van der Waals surface area contributed by atoms with Gasteiger partial charge < -0.3 is 20.1 Å². The third kappa shape index (κ3) is 4.84. The first-order chi connectivity index (χ1) is 15.3. The molecule has 0 aliphatic carbocycles. The molecule has 0 radical (unpaired) electrons. The van der Waals surface area contributed by atoms with Crippen LogP contribution in [0.3, 0.4) is 0 Å². The Morgan fingerprint density at radius 3 is 2.41 bits per heavy atom. The normalized spacial score (nSPS) is 19.0. The van der Waals surface area contributed by atoms with Gasteiger partial charge in [0.2, 0.25) is 15.9 Å². The van der Waals surface area contributed by atoms with E-state index in [1.807, 2.05) is 0 Å². The van der Waals surface area contributed by atoms with Gasteiger partial charge in [-0.15, -0.1) is 0 Å². The molecule has 8 nitrogen and oxygen atoms in total. The number of hydrogen-bond acceptors (Lipinski definition) is 6. The highest BCUT2D eigenvalue weighted by atomic mass is 32.2. The molecule has 1 aliphatic heterocycles. The highest BCUT2D eigenvalue weighted by molar-refractivity contribution is 7.89. The van der Waals surface area contributed by atoms with Crippen molar-refractivity contribution in [1.29, 1.82) is 0 Å². The van der Waals surface area contributed by atoms with Crippen molar-refractivity contribution in [3.63, 3.8) is 0 Å². The fraction of sp³-hybridized carbons (Fsp3) is 0.522. The van der Waals surface area contributed by atoms with E-state index in [4.69, 9.17) is 15.2 Å². The van der Waals surface area contributed by atoms with Crippen molar-refractivity contribution < 1.29 is 22.7 Å². The Morgan fingerprint density at radius 2 is 1.78 bits per heavy atom. The van der Waals surface area contributed by atoms with Crippen LogP contribution in [-0.2, 0) is 14.8 Å². The number of ether oxygens (including phenoxy) is 2. The quantitative estimate of drug-likeness (QED) is 0.530. The summed E-state index contributed by atoms with van der Waals surface area (Å²) in [6.45, 7) is 3.64. The van der Waals surface area contributed by atoms with Crippen molar-refractivity contribution in [3.8, 4) is 11.5 Å². The van der Waals surface area contributed by atoms with Crippen molar-refractivity contribution in [3.05, 3.63) is 30.3 Å². The van der Waals surface area contributed by atoms with Crippen molar-refractivity contribution in [1.82, 2.24) is 9.62 Å². The zero-order chi connectivity index (χ0) is 23.4. The monoisotopic (exact) mass is 463 g/mol. The third-order valence-electron chi connectivity index (χ3n) is 6.05. The van der Waals surface area contributed by atoms with Crippen molar-refractivity contribution in [2.24, 2.45) is 5.73 Å². The molecule has 2 aromatic carbocycles. The van der Waals surface area contributed by atoms with Crippen LogP contribution in [0.15, 0.2) is 35.2 Å². The number of nitrogens with two attached hydrogens (primary N) is 1. The van der Waals surface area contributed by atoms with E-state index in [-0.39, 0.29) is 10.8 Å². The van der Waals surface area contributed by atoms with Gasteiger partial charge >= 0.3 is 0 Å². The van der Waals surface area contributed by atoms with E-state index in [2.05, 4.69) is 11.6 Å². The second-order valence-electron chi connectivity index (χ2n) is 8.19. The molecule has 176 valence electrons. The van der Waals surface area contributed by atoms with Crippen molar-refractivity contribution >= 4 is 26.7 Å². The van der Waals surface area contributed by atoms with Gasteiger partial charge in [-0.05, 0) is 67.3 Å². The van der Waals surface area contributed by atoms with E-state index < -0.39 is 15.6 Å². The number of amides is 1. The van der Waals surface area contributed by atoms with Crippen LogP contribution >= 0.6 is 0 Å². The minimum atomic E-state index is -3.95. The molecule has 1 saturated heterocycles. The first-order valence-corrected chi connectivity index (χ1v) is 12.5. The molecule has 1 heterocycles. The molecular weight excluding hydrogens is 430 g/mol. The Hall–Kier alpha value is -2.36. The topological polar surface area (TPSA) is 111 Å². The molecule has 1 fully saturated rings. The number of sulfonamides is 1. The smallest absolute Gasteiger partial charge is 0.243 e. The van der Waals surface area contributed by atoms with Crippen molar-refractivity contribution in [2.45, 2.75) is 49.5 Å². The van der Waals surface area contributed by atoms with E-state index in [0.717, 1.165) is 18.2 Å². The number of fused-ring (bicyclic) bond motifs is 1. The summed E-state index contributed by atoms with van der Waals surface area (Å²) in [6, 6.07) is 8.39. The Kier molecular flexibility index (Phi) is 7.63. The molecule has 1 atom stereocenters. The van der Waals surface area contributed by atoms with Gasteiger partial charge in [0.05, 0.1) is 19.1 Å². The maximum Gasteiger partial charge on any atom is 0.243 e. The van der Waals surface area contributed by atoms with E-state index >= 15 is 0 Å². The number of methoxy groups -OCH3 is 2. The lowest BCUT2D eigenvalue weighted by Crippen LogP contribution is -2.54. The minimum absolute atomic E-state index is 0.101. The van der Waals surface area contributed by atoms with Gasteiger partial charge in [-0.2, -0.15) is 4.72 Å². The predicted molar refractivity (Wildman–Crippen MR) is 124 cm³/mol. The van der Waals surface area contributed by atoms with Crippen LogP contribution in [0.1, 0.15) is 39.0 Å². The highest BCUT2D eigenvalue weighted by Crippen LogP contribution is 2.34. The average Bonchev–Trinajstić information content (AvgIpc) is 3.09.